The third kappa shape index (κ3) is 5.93. The molecule has 0 aromatic heterocycles. The largest absolute Gasteiger partial charge is 0.494 e. The minimum absolute atomic E-state index is 0.0965. The van der Waals surface area contributed by atoms with Crippen molar-refractivity contribution in [1.82, 2.24) is 4.90 Å². The molecule has 4 rings (SSSR count). The van der Waals surface area contributed by atoms with E-state index in [-0.39, 0.29) is 12.6 Å². The van der Waals surface area contributed by atoms with Crippen molar-refractivity contribution in [3.63, 3.8) is 0 Å². The first kappa shape index (κ1) is 24.1. The molecule has 178 valence electrons. The number of halogens is 2. The smallest absolute Gasteiger partial charge is 0.229 e. The number of nitrogens with zero attached hydrogens (tertiary/aromatic N) is 3. The summed E-state index contributed by atoms with van der Waals surface area (Å²) < 4.78 is 11.2. The lowest BCUT2D eigenvalue weighted by molar-refractivity contribution is -0.119. The molecule has 2 aliphatic heterocycles. The van der Waals surface area contributed by atoms with Crippen LogP contribution in [0, 0.1) is 0 Å². The molecule has 6 nitrogen and oxygen atoms in total. The lowest BCUT2D eigenvalue weighted by Crippen LogP contribution is -2.46. The molecule has 0 bridgehead atoms. The molecule has 1 amide bonds. The van der Waals surface area contributed by atoms with Gasteiger partial charge in [0.15, 0.2) is 0 Å². The van der Waals surface area contributed by atoms with Crippen molar-refractivity contribution in [2.24, 2.45) is 0 Å². The maximum atomic E-state index is 12.2. The number of aryl methyl sites for hydroxylation is 1. The van der Waals surface area contributed by atoms with E-state index >= 15 is 0 Å². The van der Waals surface area contributed by atoms with E-state index in [2.05, 4.69) is 15.9 Å². The average molecular weight is 492 g/mol. The van der Waals surface area contributed by atoms with Gasteiger partial charge in [-0.2, -0.15) is 0 Å². The number of carbonyl (C=O) groups excluding carboxylic acids is 1. The number of piperazine rings is 1. The summed E-state index contributed by atoms with van der Waals surface area (Å²) in [4.78, 5) is 18.7. The number of anilines is 2. The molecular weight excluding hydrogens is 461 g/mol. The second-order valence-electron chi connectivity index (χ2n) is 8.49. The normalized spacial score (nSPS) is 16.8. The van der Waals surface area contributed by atoms with Crippen LogP contribution in [-0.2, 0) is 16.0 Å². The minimum atomic E-state index is 0.0965. The Morgan fingerprint density at radius 3 is 2.58 bits per heavy atom. The van der Waals surface area contributed by atoms with Gasteiger partial charge in [0.2, 0.25) is 5.91 Å². The molecule has 0 radical (unpaired) electrons. The molecule has 8 heteroatoms. The number of benzene rings is 2. The zero-order valence-corrected chi connectivity index (χ0v) is 20.6. The Hall–Kier alpha value is -1.99. The molecule has 0 unspecified atom stereocenters. The number of hydrogen-bond acceptors (Lipinski definition) is 5. The zero-order valence-electron chi connectivity index (χ0n) is 19.1. The summed E-state index contributed by atoms with van der Waals surface area (Å²) in [6.45, 7) is 5.91. The van der Waals surface area contributed by atoms with Crippen LogP contribution in [0.4, 0.5) is 11.4 Å². The van der Waals surface area contributed by atoms with Crippen LogP contribution in [0.3, 0.4) is 0 Å². The van der Waals surface area contributed by atoms with Gasteiger partial charge in [-0.15, -0.1) is 0 Å². The molecule has 0 spiro atoms. The van der Waals surface area contributed by atoms with Crippen LogP contribution in [-0.4, -0.2) is 64.0 Å². The molecule has 0 aliphatic carbocycles. The summed E-state index contributed by atoms with van der Waals surface area (Å²) in [6.07, 6.45) is 3.36. The van der Waals surface area contributed by atoms with E-state index < -0.39 is 0 Å². The molecule has 0 atom stereocenters. The Morgan fingerprint density at radius 1 is 0.970 bits per heavy atom. The first-order valence-electron chi connectivity index (χ1n) is 11.5. The number of amides is 1. The second kappa shape index (κ2) is 11.4. The van der Waals surface area contributed by atoms with Gasteiger partial charge in [-0.3, -0.25) is 14.6 Å². The van der Waals surface area contributed by atoms with Crippen LogP contribution in [0.1, 0.15) is 24.8 Å². The quantitative estimate of drug-likeness (QED) is 0.468. The van der Waals surface area contributed by atoms with Gasteiger partial charge >= 0.3 is 0 Å². The van der Waals surface area contributed by atoms with E-state index in [0.717, 1.165) is 74.7 Å². The second-order valence-corrected chi connectivity index (χ2v) is 9.27. The van der Waals surface area contributed by atoms with Crippen molar-refractivity contribution >= 4 is 40.5 Å². The monoisotopic (exact) mass is 491 g/mol. The maximum Gasteiger partial charge on any atom is 0.229 e. The highest BCUT2D eigenvalue weighted by Gasteiger charge is 2.24. The Morgan fingerprint density at radius 2 is 1.79 bits per heavy atom. The Kier molecular flexibility index (Phi) is 8.36. The number of ether oxygens (including phenoxy) is 2. The Labute approximate surface area is 205 Å². The van der Waals surface area contributed by atoms with E-state index in [1.54, 1.807) is 12.0 Å². The summed E-state index contributed by atoms with van der Waals surface area (Å²) in [5, 5.41) is 1.25. The summed E-state index contributed by atoms with van der Waals surface area (Å²) in [5.74, 6) is 0.899. The third-order valence-corrected chi connectivity index (χ3v) is 7.11. The van der Waals surface area contributed by atoms with Crippen LogP contribution in [0.25, 0.3) is 0 Å². The SMILES string of the molecule is COCN1C(=O)CCc2ccc(OCCCCN3CCN(c4cccc(Cl)c4Cl)CC3)cc21. The molecule has 33 heavy (non-hydrogen) atoms. The fourth-order valence-corrected chi connectivity index (χ4v) is 4.87. The van der Waals surface area contributed by atoms with Crippen molar-refractivity contribution < 1.29 is 14.3 Å². The Bertz CT molecular complexity index is 964. The van der Waals surface area contributed by atoms with Crippen LogP contribution in [0.15, 0.2) is 36.4 Å². The molecule has 2 aromatic carbocycles. The van der Waals surface area contributed by atoms with Crippen molar-refractivity contribution in [3.8, 4) is 5.75 Å². The highest BCUT2D eigenvalue weighted by Crippen LogP contribution is 2.33. The van der Waals surface area contributed by atoms with Crippen LogP contribution >= 0.6 is 23.2 Å². The minimum Gasteiger partial charge on any atom is -0.494 e. The first-order valence-corrected chi connectivity index (χ1v) is 12.3. The maximum absolute atomic E-state index is 12.2. The van der Waals surface area contributed by atoms with Crippen LogP contribution in [0.2, 0.25) is 10.0 Å². The number of carbonyl (C=O) groups is 1. The standard InChI is InChI=1S/C25H31Cl2N3O3/c1-32-18-30-23-17-20(9-7-19(23)8-10-24(30)31)33-16-3-2-11-28-12-14-29(15-13-28)22-6-4-5-21(26)25(22)27/h4-7,9,17H,2-3,8,10-16,18H2,1H3. The van der Waals surface area contributed by atoms with E-state index in [4.69, 9.17) is 32.7 Å². The topological polar surface area (TPSA) is 45.2 Å². The molecule has 2 heterocycles. The Balaban J connectivity index is 1.19. The summed E-state index contributed by atoms with van der Waals surface area (Å²) in [5.41, 5.74) is 3.09. The van der Waals surface area contributed by atoms with Crippen molar-refractivity contribution in [2.75, 3.05) is 63.0 Å². The summed E-state index contributed by atoms with van der Waals surface area (Å²) in [7, 11) is 1.61. The molecule has 1 fully saturated rings. The lowest BCUT2D eigenvalue weighted by Gasteiger charge is -2.36. The van der Waals surface area contributed by atoms with Gasteiger partial charge in [-0.25, -0.2) is 0 Å². The summed E-state index contributed by atoms with van der Waals surface area (Å²) in [6, 6.07) is 11.8. The molecule has 2 aliphatic rings. The molecule has 1 saturated heterocycles. The van der Waals surface area contributed by atoms with Gasteiger partial charge in [0.1, 0.15) is 12.5 Å². The number of hydrogen-bond donors (Lipinski definition) is 0. The molecule has 2 aromatic rings. The van der Waals surface area contributed by atoms with Gasteiger partial charge in [-0.05, 0) is 49.6 Å². The third-order valence-electron chi connectivity index (χ3n) is 6.30. The number of methoxy groups -OCH3 is 1. The van der Waals surface area contributed by atoms with E-state index in [1.165, 1.54) is 0 Å². The highest BCUT2D eigenvalue weighted by atomic mass is 35.5. The van der Waals surface area contributed by atoms with Gasteiger partial charge < -0.3 is 14.4 Å². The number of fused-ring (bicyclic) bond motifs is 1. The van der Waals surface area contributed by atoms with E-state index in [0.29, 0.717) is 23.1 Å². The van der Waals surface area contributed by atoms with Gasteiger partial charge in [0.05, 0.1) is 28.0 Å². The van der Waals surface area contributed by atoms with Gasteiger partial charge in [0, 0.05) is 45.8 Å². The zero-order chi connectivity index (χ0) is 23.2. The van der Waals surface area contributed by atoms with Crippen molar-refractivity contribution in [2.45, 2.75) is 25.7 Å². The van der Waals surface area contributed by atoms with Gasteiger partial charge in [-0.1, -0.05) is 35.3 Å². The first-order chi connectivity index (χ1) is 16.1. The number of unbranched alkanes of at least 4 members (excludes halogenated alkanes) is 1. The average Bonchev–Trinajstić information content (AvgIpc) is 2.83. The predicted molar refractivity (Wildman–Crippen MR) is 134 cm³/mol. The van der Waals surface area contributed by atoms with Gasteiger partial charge in [0.25, 0.3) is 0 Å². The van der Waals surface area contributed by atoms with E-state index in [1.807, 2.05) is 30.3 Å². The summed E-state index contributed by atoms with van der Waals surface area (Å²) >= 11 is 12.5. The highest BCUT2D eigenvalue weighted by molar-refractivity contribution is 6.43. The predicted octanol–water partition coefficient (Wildman–Crippen LogP) is 4.86. The molecule has 0 saturated carbocycles. The molecular formula is C25H31Cl2N3O3. The van der Waals surface area contributed by atoms with Crippen LogP contribution in [0.5, 0.6) is 5.75 Å². The van der Waals surface area contributed by atoms with E-state index in [9.17, 15) is 4.79 Å². The lowest BCUT2D eigenvalue weighted by atomic mass is 10.0. The molecule has 0 N–H and O–H groups in total. The van der Waals surface area contributed by atoms with Crippen molar-refractivity contribution in [3.05, 3.63) is 52.0 Å². The van der Waals surface area contributed by atoms with Crippen molar-refractivity contribution in [1.29, 1.82) is 0 Å². The fraction of sp³-hybridized carbons (Fsp3) is 0.480. The number of rotatable bonds is 9. The fourth-order valence-electron chi connectivity index (χ4n) is 4.45. The van der Waals surface area contributed by atoms with Crippen LogP contribution < -0.4 is 14.5 Å².